The smallest absolute Gasteiger partial charge is 0.246 e. The number of thiophene rings is 1. The number of nitrogens with one attached hydrogen (secondary N) is 1. The highest BCUT2D eigenvalue weighted by Gasteiger charge is 2.15. The van der Waals surface area contributed by atoms with E-state index in [9.17, 15) is 9.59 Å². The SMILES string of the molecule is CN(Cc1cc2cnccc2s1)C(=O)/C=C/c1cnc2c(c1)CCC(=O)N2. The average Bonchev–Trinajstić information content (AvgIpc) is 3.08. The van der Waals surface area contributed by atoms with Crippen LogP contribution in [0.1, 0.15) is 22.4 Å². The van der Waals surface area contributed by atoms with Crippen molar-refractivity contribution in [3.8, 4) is 0 Å². The lowest BCUT2D eigenvalue weighted by atomic mass is 10.0. The molecule has 0 unspecified atom stereocenters. The van der Waals surface area contributed by atoms with Gasteiger partial charge in [0.15, 0.2) is 0 Å². The number of rotatable bonds is 4. The summed E-state index contributed by atoms with van der Waals surface area (Å²) in [6.45, 7) is 0.553. The fourth-order valence-corrected chi connectivity index (χ4v) is 4.07. The van der Waals surface area contributed by atoms with Gasteiger partial charge in [-0.25, -0.2) is 4.98 Å². The van der Waals surface area contributed by atoms with Crippen molar-refractivity contribution >= 4 is 45.1 Å². The maximum absolute atomic E-state index is 12.4. The molecule has 0 saturated heterocycles. The van der Waals surface area contributed by atoms with Crippen LogP contribution in [0.4, 0.5) is 5.82 Å². The van der Waals surface area contributed by atoms with Crippen LogP contribution in [0.5, 0.6) is 0 Å². The fraction of sp³-hybridized carbons (Fsp3) is 0.200. The molecule has 3 aromatic heterocycles. The van der Waals surface area contributed by atoms with Crippen molar-refractivity contribution in [3.05, 3.63) is 58.9 Å². The number of carbonyl (C=O) groups excluding carboxylic acids is 2. The van der Waals surface area contributed by atoms with Gasteiger partial charge < -0.3 is 10.2 Å². The van der Waals surface area contributed by atoms with Gasteiger partial charge in [-0.15, -0.1) is 11.3 Å². The number of amides is 2. The van der Waals surface area contributed by atoms with E-state index in [4.69, 9.17) is 0 Å². The van der Waals surface area contributed by atoms with Crippen molar-refractivity contribution < 1.29 is 9.59 Å². The summed E-state index contributed by atoms with van der Waals surface area (Å²) in [4.78, 5) is 35.0. The summed E-state index contributed by atoms with van der Waals surface area (Å²) in [7, 11) is 1.79. The van der Waals surface area contributed by atoms with Crippen LogP contribution < -0.4 is 5.32 Å². The lowest BCUT2D eigenvalue weighted by Crippen LogP contribution is -2.23. The Morgan fingerprint density at radius 1 is 1.33 bits per heavy atom. The molecule has 136 valence electrons. The lowest BCUT2D eigenvalue weighted by Gasteiger charge is -2.16. The maximum Gasteiger partial charge on any atom is 0.246 e. The molecule has 27 heavy (non-hydrogen) atoms. The number of nitrogens with zero attached hydrogens (tertiary/aromatic N) is 3. The summed E-state index contributed by atoms with van der Waals surface area (Å²) in [6, 6.07) is 6.02. The number of carbonyl (C=O) groups is 2. The van der Waals surface area contributed by atoms with Gasteiger partial charge in [-0.2, -0.15) is 0 Å². The number of fused-ring (bicyclic) bond motifs is 2. The number of likely N-dealkylation sites (N-methyl/N-ethyl adjacent to an activating group) is 1. The van der Waals surface area contributed by atoms with Crippen LogP contribution in [0.2, 0.25) is 0 Å². The first-order valence-corrected chi connectivity index (χ1v) is 9.44. The minimum atomic E-state index is -0.0726. The number of aromatic nitrogens is 2. The van der Waals surface area contributed by atoms with Gasteiger partial charge in [0, 0.05) is 53.1 Å². The summed E-state index contributed by atoms with van der Waals surface area (Å²) >= 11 is 1.67. The molecular weight excluding hydrogens is 360 g/mol. The quantitative estimate of drug-likeness (QED) is 0.707. The maximum atomic E-state index is 12.4. The minimum Gasteiger partial charge on any atom is -0.337 e. The minimum absolute atomic E-state index is 0.00730. The predicted molar refractivity (Wildman–Crippen MR) is 106 cm³/mol. The van der Waals surface area contributed by atoms with Crippen LogP contribution in [-0.4, -0.2) is 33.7 Å². The molecule has 4 rings (SSSR count). The molecule has 7 heteroatoms. The average molecular weight is 378 g/mol. The first-order chi connectivity index (χ1) is 13.1. The number of pyridine rings is 2. The second kappa shape index (κ2) is 7.28. The zero-order valence-electron chi connectivity index (χ0n) is 14.8. The third kappa shape index (κ3) is 3.88. The van der Waals surface area contributed by atoms with Crippen molar-refractivity contribution in [1.82, 2.24) is 14.9 Å². The highest BCUT2D eigenvalue weighted by molar-refractivity contribution is 7.19. The Morgan fingerprint density at radius 2 is 2.22 bits per heavy atom. The molecule has 6 nitrogen and oxygen atoms in total. The van der Waals surface area contributed by atoms with Crippen molar-refractivity contribution in [2.45, 2.75) is 19.4 Å². The van der Waals surface area contributed by atoms with E-state index in [1.807, 2.05) is 18.3 Å². The van der Waals surface area contributed by atoms with Gasteiger partial charge in [-0.05, 0) is 41.8 Å². The van der Waals surface area contributed by atoms with Crippen molar-refractivity contribution in [1.29, 1.82) is 0 Å². The highest BCUT2D eigenvalue weighted by Crippen LogP contribution is 2.25. The zero-order valence-corrected chi connectivity index (χ0v) is 15.6. The van der Waals surface area contributed by atoms with E-state index in [0.29, 0.717) is 25.2 Å². The second-order valence-corrected chi connectivity index (χ2v) is 7.65. The van der Waals surface area contributed by atoms with E-state index >= 15 is 0 Å². The molecule has 0 aliphatic carbocycles. The van der Waals surface area contributed by atoms with Crippen molar-refractivity contribution in [3.63, 3.8) is 0 Å². The number of aryl methyl sites for hydroxylation is 1. The van der Waals surface area contributed by atoms with Gasteiger partial charge in [0.05, 0.1) is 6.54 Å². The molecule has 0 radical (unpaired) electrons. The summed E-state index contributed by atoms with van der Waals surface area (Å²) in [6.07, 6.45) is 9.73. The van der Waals surface area contributed by atoms with Gasteiger partial charge in [0.2, 0.25) is 11.8 Å². The molecule has 0 atom stereocenters. The van der Waals surface area contributed by atoms with Crippen LogP contribution in [0, 0.1) is 0 Å². The third-order valence-corrected chi connectivity index (χ3v) is 5.52. The molecule has 0 aromatic carbocycles. The molecule has 0 saturated carbocycles. The van der Waals surface area contributed by atoms with Crippen LogP contribution in [0.3, 0.4) is 0 Å². The Labute approximate surface area is 160 Å². The van der Waals surface area contributed by atoms with E-state index in [1.165, 1.54) is 4.70 Å². The summed E-state index contributed by atoms with van der Waals surface area (Å²) in [5.74, 6) is 0.537. The van der Waals surface area contributed by atoms with E-state index in [0.717, 1.165) is 21.4 Å². The number of anilines is 1. The first-order valence-electron chi connectivity index (χ1n) is 8.63. The van der Waals surface area contributed by atoms with Gasteiger partial charge in [0.25, 0.3) is 0 Å². The van der Waals surface area contributed by atoms with E-state index in [1.54, 1.807) is 47.8 Å². The highest BCUT2D eigenvalue weighted by atomic mass is 32.1. The molecule has 3 aromatic rings. The monoisotopic (exact) mass is 378 g/mol. The number of hydrogen-bond acceptors (Lipinski definition) is 5. The molecule has 1 N–H and O–H groups in total. The van der Waals surface area contributed by atoms with Crippen LogP contribution >= 0.6 is 11.3 Å². The Kier molecular flexibility index (Phi) is 4.68. The lowest BCUT2D eigenvalue weighted by molar-refractivity contribution is -0.125. The van der Waals surface area contributed by atoms with Crippen LogP contribution in [0.25, 0.3) is 16.2 Å². The largest absolute Gasteiger partial charge is 0.337 e. The van der Waals surface area contributed by atoms with E-state index in [2.05, 4.69) is 21.4 Å². The first kappa shape index (κ1) is 17.4. The Morgan fingerprint density at radius 3 is 3.07 bits per heavy atom. The van der Waals surface area contributed by atoms with E-state index in [-0.39, 0.29) is 11.8 Å². The summed E-state index contributed by atoms with van der Waals surface area (Å²) < 4.78 is 1.17. The summed E-state index contributed by atoms with van der Waals surface area (Å²) in [5.41, 5.74) is 1.84. The Balaban J connectivity index is 1.42. The van der Waals surface area contributed by atoms with Crippen molar-refractivity contribution in [2.75, 3.05) is 12.4 Å². The molecule has 0 fully saturated rings. The van der Waals surface area contributed by atoms with Gasteiger partial charge in [-0.1, -0.05) is 0 Å². The predicted octanol–water partition coefficient (Wildman–Crippen LogP) is 3.25. The summed E-state index contributed by atoms with van der Waals surface area (Å²) in [5, 5.41) is 3.85. The fourth-order valence-electron chi connectivity index (χ4n) is 2.99. The van der Waals surface area contributed by atoms with Gasteiger partial charge in [-0.3, -0.25) is 14.6 Å². The standard InChI is InChI=1S/C20H18N4O2S/c1-24(12-16-9-15-11-21-7-6-17(15)27-16)19(26)5-2-13-8-14-3-4-18(25)23-20(14)22-10-13/h2,5-11H,3-4,12H2,1H3,(H,22,23,25)/b5-2+. The van der Waals surface area contributed by atoms with Crippen LogP contribution in [-0.2, 0) is 22.6 Å². The Bertz CT molecular complexity index is 1020. The van der Waals surface area contributed by atoms with Gasteiger partial charge >= 0.3 is 0 Å². The third-order valence-electron chi connectivity index (χ3n) is 4.42. The topological polar surface area (TPSA) is 75.2 Å². The molecule has 1 aliphatic heterocycles. The molecular formula is C20H18N4O2S. The number of hydrogen-bond donors (Lipinski definition) is 1. The molecule has 2 amide bonds. The Hall–Kier alpha value is -3.06. The van der Waals surface area contributed by atoms with Gasteiger partial charge in [0.1, 0.15) is 5.82 Å². The molecule has 0 bridgehead atoms. The zero-order chi connectivity index (χ0) is 18.8. The molecule has 0 spiro atoms. The van der Waals surface area contributed by atoms with Crippen LogP contribution in [0.15, 0.2) is 42.9 Å². The molecule has 4 heterocycles. The second-order valence-electron chi connectivity index (χ2n) is 6.48. The van der Waals surface area contributed by atoms with Crippen molar-refractivity contribution in [2.24, 2.45) is 0 Å². The van der Waals surface area contributed by atoms with E-state index < -0.39 is 0 Å². The normalized spacial score (nSPS) is 13.6. The molecule has 1 aliphatic rings.